The van der Waals surface area contributed by atoms with E-state index in [1.807, 2.05) is 0 Å². The Morgan fingerprint density at radius 2 is 2.19 bits per heavy atom. The fourth-order valence-corrected chi connectivity index (χ4v) is 2.75. The van der Waals surface area contributed by atoms with Crippen molar-refractivity contribution in [2.75, 3.05) is 5.75 Å². The van der Waals surface area contributed by atoms with Gasteiger partial charge in [-0.2, -0.15) is 11.8 Å². The molecule has 0 radical (unpaired) electrons. The molecule has 0 aliphatic heterocycles. The van der Waals surface area contributed by atoms with Crippen molar-refractivity contribution in [3.8, 4) is 0 Å². The number of aliphatic carboxylic acids is 1. The van der Waals surface area contributed by atoms with Crippen LogP contribution in [0.5, 0.6) is 0 Å². The maximum atomic E-state index is 10.9. The topological polar surface area (TPSA) is 110 Å². The molecule has 21 heavy (non-hydrogen) atoms. The van der Waals surface area contributed by atoms with Crippen LogP contribution in [0.3, 0.4) is 0 Å². The molecule has 0 saturated carbocycles. The summed E-state index contributed by atoms with van der Waals surface area (Å²) in [7, 11) is 0. The van der Waals surface area contributed by atoms with Crippen molar-refractivity contribution in [2.24, 2.45) is 0 Å². The largest absolute Gasteiger partial charge is 0.480 e. The Balaban J connectivity index is 2.69. The summed E-state index contributed by atoms with van der Waals surface area (Å²) in [4.78, 5) is 32.2. The standard InChI is InChI=1S/C12H13ClN2O5S/c1-7(16)14-10(12(17)18)6-21-5-8-2-3-9(13)4-11(8)15(19)20/h2-4,10H,5-6H2,1H3,(H,14,16)(H,17,18). The van der Waals surface area contributed by atoms with Crippen molar-refractivity contribution in [3.05, 3.63) is 38.9 Å². The summed E-state index contributed by atoms with van der Waals surface area (Å²) in [6.45, 7) is 1.23. The highest BCUT2D eigenvalue weighted by molar-refractivity contribution is 7.98. The number of carbonyl (C=O) groups is 2. The van der Waals surface area contributed by atoms with Gasteiger partial charge in [-0.1, -0.05) is 11.6 Å². The molecule has 0 spiro atoms. The summed E-state index contributed by atoms with van der Waals surface area (Å²) >= 11 is 6.89. The van der Waals surface area contributed by atoms with Gasteiger partial charge >= 0.3 is 5.97 Å². The van der Waals surface area contributed by atoms with Gasteiger partial charge in [0.15, 0.2) is 0 Å². The van der Waals surface area contributed by atoms with Gasteiger partial charge in [-0.25, -0.2) is 4.79 Å². The second-order valence-electron chi connectivity index (χ2n) is 4.14. The average Bonchev–Trinajstić information content (AvgIpc) is 2.38. The molecule has 0 aromatic heterocycles. The van der Waals surface area contributed by atoms with Crippen molar-refractivity contribution < 1.29 is 19.6 Å². The quantitative estimate of drug-likeness (QED) is 0.584. The van der Waals surface area contributed by atoms with Gasteiger partial charge < -0.3 is 10.4 Å². The number of carboxylic acids is 1. The van der Waals surface area contributed by atoms with Crippen molar-refractivity contribution >= 4 is 40.9 Å². The van der Waals surface area contributed by atoms with E-state index >= 15 is 0 Å². The number of nitro benzene ring substituents is 1. The molecule has 0 saturated heterocycles. The molecular weight excluding hydrogens is 320 g/mol. The Bertz CT molecular complexity index is 567. The van der Waals surface area contributed by atoms with Gasteiger partial charge in [-0.05, 0) is 12.1 Å². The maximum Gasteiger partial charge on any atom is 0.327 e. The zero-order valence-corrected chi connectivity index (χ0v) is 12.6. The first-order chi connectivity index (χ1) is 9.81. The molecule has 9 heteroatoms. The number of rotatable bonds is 7. The minimum atomic E-state index is -1.15. The highest BCUT2D eigenvalue weighted by Crippen LogP contribution is 2.26. The number of amides is 1. The molecule has 7 nitrogen and oxygen atoms in total. The van der Waals surface area contributed by atoms with Crippen LogP contribution >= 0.6 is 23.4 Å². The van der Waals surface area contributed by atoms with Crippen LogP contribution in [0.15, 0.2) is 18.2 Å². The zero-order chi connectivity index (χ0) is 16.0. The molecule has 114 valence electrons. The fraction of sp³-hybridized carbons (Fsp3) is 0.333. The number of nitrogens with zero attached hydrogens (tertiary/aromatic N) is 1. The smallest absolute Gasteiger partial charge is 0.327 e. The monoisotopic (exact) mass is 332 g/mol. The van der Waals surface area contributed by atoms with E-state index in [1.54, 1.807) is 0 Å². The summed E-state index contributed by atoms with van der Waals surface area (Å²) in [5.74, 6) is -1.24. The number of nitro groups is 1. The second kappa shape index (κ2) is 7.84. The number of hydrogen-bond donors (Lipinski definition) is 2. The summed E-state index contributed by atoms with van der Waals surface area (Å²) in [5, 5.41) is 22.4. The van der Waals surface area contributed by atoms with Crippen LogP contribution in [0.25, 0.3) is 0 Å². The molecule has 0 fully saturated rings. The first-order valence-electron chi connectivity index (χ1n) is 5.81. The van der Waals surface area contributed by atoms with E-state index in [2.05, 4.69) is 5.32 Å². The summed E-state index contributed by atoms with van der Waals surface area (Å²) in [6, 6.07) is 3.29. The Morgan fingerprint density at radius 1 is 1.52 bits per heavy atom. The molecular formula is C12H13ClN2O5S. The van der Waals surface area contributed by atoms with E-state index in [-0.39, 0.29) is 22.2 Å². The Hall–Kier alpha value is -1.80. The van der Waals surface area contributed by atoms with Crippen LogP contribution in [-0.2, 0) is 15.3 Å². The van der Waals surface area contributed by atoms with E-state index in [0.717, 1.165) is 0 Å². The zero-order valence-electron chi connectivity index (χ0n) is 11.0. The minimum absolute atomic E-state index is 0.106. The number of carbonyl (C=O) groups excluding carboxylic acids is 1. The molecule has 1 amide bonds. The third-order valence-corrected chi connectivity index (χ3v) is 3.78. The van der Waals surface area contributed by atoms with E-state index in [0.29, 0.717) is 5.56 Å². The molecule has 1 aromatic rings. The number of nitrogens with one attached hydrogen (secondary N) is 1. The number of carboxylic acid groups (broad SMARTS) is 1. The van der Waals surface area contributed by atoms with Crippen LogP contribution in [0.4, 0.5) is 5.69 Å². The number of benzene rings is 1. The first-order valence-corrected chi connectivity index (χ1v) is 7.35. The van der Waals surface area contributed by atoms with Crippen molar-refractivity contribution in [2.45, 2.75) is 18.7 Å². The summed E-state index contributed by atoms with van der Waals surface area (Å²) < 4.78 is 0. The molecule has 1 unspecified atom stereocenters. The molecule has 1 aromatic carbocycles. The van der Waals surface area contributed by atoms with Crippen LogP contribution in [0.2, 0.25) is 5.02 Å². The lowest BCUT2D eigenvalue weighted by Gasteiger charge is -2.12. The first kappa shape index (κ1) is 17.3. The highest BCUT2D eigenvalue weighted by Gasteiger charge is 2.19. The van der Waals surface area contributed by atoms with Gasteiger partial charge in [-0.15, -0.1) is 0 Å². The highest BCUT2D eigenvalue weighted by atomic mass is 35.5. The number of halogens is 1. The van der Waals surface area contributed by atoms with Crippen LogP contribution < -0.4 is 5.32 Å². The normalized spacial score (nSPS) is 11.7. The van der Waals surface area contributed by atoms with E-state index in [9.17, 15) is 19.7 Å². The van der Waals surface area contributed by atoms with Crippen LogP contribution in [0, 0.1) is 10.1 Å². The van der Waals surface area contributed by atoms with E-state index < -0.39 is 22.8 Å². The Kier molecular flexibility index (Phi) is 6.44. The SMILES string of the molecule is CC(=O)NC(CSCc1ccc(Cl)cc1[N+](=O)[O-])C(=O)O. The summed E-state index contributed by atoms with van der Waals surface area (Å²) in [6.07, 6.45) is 0. The molecule has 0 bridgehead atoms. The van der Waals surface area contributed by atoms with E-state index in [1.165, 1.54) is 36.9 Å². The predicted molar refractivity (Wildman–Crippen MR) is 79.5 cm³/mol. The van der Waals surface area contributed by atoms with Gasteiger partial charge in [-0.3, -0.25) is 14.9 Å². The molecule has 1 rings (SSSR count). The lowest BCUT2D eigenvalue weighted by Crippen LogP contribution is -2.41. The second-order valence-corrected chi connectivity index (χ2v) is 5.60. The molecule has 0 heterocycles. The van der Waals surface area contributed by atoms with Crippen molar-refractivity contribution in [3.63, 3.8) is 0 Å². The molecule has 0 aliphatic carbocycles. The van der Waals surface area contributed by atoms with Crippen molar-refractivity contribution in [1.82, 2.24) is 5.32 Å². The van der Waals surface area contributed by atoms with Crippen LogP contribution in [0.1, 0.15) is 12.5 Å². The minimum Gasteiger partial charge on any atom is -0.480 e. The van der Waals surface area contributed by atoms with Gasteiger partial charge in [0.25, 0.3) is 5.69 Å². The number of hydrogen-bond acceptors (Lipinski definition) is 5. The van der Waals surface area contributed by atoms with E-state index in [4.69, 9.17) is 16.7 Å². The third-order valence-electron chi connectivity index (χ3n) is 2.46. The van der Waals surface area contributed by atoms with Gasteiger partial charge in [0, 0.05) is 35.1 Å². The van der Waals surface area contributed by atoms with Gasteiger partial charge in [0.05, 0.1) is 4.92 Å². The average molecular weight is 333 g/mol. The maximum absolute atomic E-state index is 10.9. The molecule has 1 atom stereocenters. The lowest BCUT2D eigenvalue weighted by molar-refractivity contribution is -0.385. The van der Waals surface area contributed by atoms with Gasteiger partial charge in [0.1, 0.15) is 6.04 Å². The van der Waals surface area contributed by atoms with Crippen molar-refractivity contribution in [1.29, 1.82) is 0 Å². The third kappa shape index (κ3) is 5.60. The lowest BCUT2D eigenvalue weighted by atomic mass is 10.2. The van der Waals surface area contributed by atoms with Crippen LogP contribution in [-0.4, -0.2) is 33.7 Å². The van der Waals surface area contributed by atoms with Gasteiger partial charge in [0.2, 0.25) is 5.91 Å². The molecule has 2 N–H and O–H groups in total. The summed E-state index contributed by atoms with van der Waals surface area (Å²) in [5.41, 5.74) is 0.336. The Morgan fingerprint density at radius 3 is 2.71 bits per heavy atom. The number of thioether (sulfide) groups is 1. The predicted octanol–water partition coefficient (Wildman–Crippen LogP) is 2.07. The molecule has 0 aliphatic rings. The fourth-order valence-electron chi connectivity index (χ4n) is 1.54. The Labute approximate surface area is 129 Å².